The van der Waals surface area contributed by atoms with Crippen molar-refractivity contribution in [1.82, 2.24) is 15.1 Å². The second kappa shape index (κ2) is 6.17. The molecule has 8 heteroatoms. The number of hydrogen-bond acceptors (Lipinski definition) is 5. The third-order valence-corrected chi connectivity index (χ3v) is 4.26. The van der Waals surface area contributed by atoms with Gasteiger partial charge < -0.3 is 10.0 Å². The fourth-order valence-electron chi connectivity index (χ4n) is 2.31. The number of amides is 2. The second-order valence-corrected chi connectivity index (χ2v) is 6.13. The van der Waals surface area contributed by atoms with Crippen molar-refractivity contribution in [2.24, 2.45) is 11.8 Å². The average molecular weight is 298 g/mol. The van der Waals surface area contributed by atoms with Crippen LogP contribution in [0.25, 0.3) is 0 Å². The molecule has 1 aromatic heterocycles. The first-order valence-electron chi connectivity index (χ1n) is 6.60. The van der Waals surface area contributed by atoms with Gasteiger partial charge in [-0.05, 0) is 18.8 Å². The number of carbonyl (C=O) groups is 2. The van der Waals surface area contributed by atoms with E-state index in [1.807, 2.05) is 13.8 Å². The molecule has 2 atom stereocenters. The summed E-state index contributed by atoms with van der Waals surface area (Å²) in [7, 11) is 0. The number of rotatable bonds is 3. The summed E-state index contributed by atoms with van der Waals surface area (Å²) in [5.41, 5.74) is 0. The molecule has 110 valence electrons. The highest BCUT2D eigenvalue weighted by molar-refractivity contribution is 7.15. The lowest BCUT2D eigenvalue weighted by Gasteiger charge is -2.34. The number of nitrogens with zero attached hydrogens (tertiary/aromatic N) is 3. The van der Waals surface area contributed by atoms with Crippen LogP contribution in [-0.4, -0.2) is 45.3 Å². The van der Waals surface area contributed by atoms with Gasteiger partial charge >= 0.3 is 12.0 Å². The van der Waals surface area contributed by atoms with Crippen LogP contribution in [0.2, 0.25) is 0 Å². The fraction of sp³-hybridized carbons (Fsp3) is 0.667. The summed E-state index contributed by atoms with van der Waals surface area (Å²) >= 11 is 1.34. The highest BCUT2D eigenvalue weighted by Gasteiger charge is 2.32. The van der Waals surface area contributed by atoms with E-state index in [0.29, 0.717) is 18.1 Å². The van der Waals surface area contributed by atoms with Crippen LogP contribution in [0, 0.1) is 11.8 Å². The molecule has 2 amide bonds. The number of hydrogen-bond donors (Lipinski definition) is 2. The summed E-state index contributed by atoms with van der Waals surface area (Å²) < 4.78 is 0. The Morgan fingerprint density at radius 1 is 1.45 bits per heavy atom. The van der Waals surface area contributed by atoms with E-state index in [-0.39, 0.29) is 18.5 Å². The summed E-state index contributed by atoms with van der Waals surface area (Å²) in [5, 5.41) is 20.9. The number of carboxylic acid groups (broad SMARTS) is 1. The number of anilines is 1. The molecule has 1 fully saturated rings. The van der Waals surface area contributed by atoms with Crippen molar-refractivity contribution in [2.75, 3.05) is 18.4 Å². The maximum absolute atomic E-state index is 12.1. The first-order valence-corrected chi connectivity index (χ1v) is 7.42. The van der Waals surface area contributed by atoms with Crippen LogP contribution in [0.1, 0.15) is 25.3 Å². The lowest BCUT2D eigenvalue weighted by atomic mass is 9.91. The quantitative estimate of drug-likeness (QED) is 0.885. The smallest absolute Gasteiger partial charge is 0.323 e. The fourth-order valence-corrected chi connectivity index (χ4v) is 2.98. The Kier molecular flexibility index (Phi) is 4.53. The molecule has 1 aliphatic rings. The van der Waals surface area contributed by atoms with Crippen LogP contribution >= 0.6 is 11.3 Å². The van der Waals surface area contributed by atoms with Gasteiger partial charge in [-0.15, -0.1) is 10.2 Å². The molecule has 0 bridgehead atoms. The molecular weight excluding hydrogens is 280 g/mol. The number of piperidine rings is 1. The molecule has 1 aliphatic heterocycles. The van der Waals surface area contributed by atoms with Crippen molar-refractivity contribution in [2.45, 2.75) is 26.7 Å². The van der Waals surface area contributed by atoms with E-state index >= 15 is 0 Å². The number of aliphatic carboxylic acids is 1. The van der Waals surface area contributed by atoms with Crippen LogP contribution in [0.15, 0.2) is 0 Å². The van der Waals surface area contributed by atoms with E-state index in [9.17, 15) is 9.59 Å². The van der Waals surface area contributed by atoms with Crippen molar-refractivity contribution in [3.8, 4) is 0 Å². The molecular formula is C12H18N4O3S. The minimum absolute atomic E-state index is 0.177. The summed E-state index contributed by atoms with van der Waals surface area (Å²) in [6.45, 7) is 4.73. The van der Waals surface area contributed by atoms with Gasteiger partial charge in [-0.3, -0.25) is 10.1 Å². The van der Waals surface area contributed by atoms with Gasteiger partial charge in [0, 0.05) is 13.1 Å². The summed E-state index contributed by atoms with van der Waals surface area (Å²) in [6, 6.07) is -0.304. The number of urea groups is 1. The van der Waals surface area contributed by atoms with E-state index in [4.69, 9.17) is 5.11 Å². The maximum atomic E-state index is 12.1. The van der Waals surface area contributed by atoms with Crippen LogP contribution < -0.4 is 5.32 Å². The molecule has 0 aromatic carbocycles. The van der Waals surface area contributed by atoms with E-state index in [2.05, 4.69) is 15.5 Å². The standard InChI is InChI=1S/C12H18N4O3S/c1-3-9-14-15-11(20-9)13-12(19)16-5-7(2)4-8(6-16)10(17)18/h7-8H,3-6H2,1-2H3,(H,17,18)(H,13,15,19). The number of carboxylic acids is 1. The molecule has 0 saturated carbocycles. The molecule has 20 heavy (non-hydrogen) atoms. The first kappa shape index (κ1) is 14.7. The molecule has 0 aliphatic carbocycles. The maximum Gasteiger partial charge on any atom is 0.323 e. The van der Waals surface area contributed by atoms with Crippen LogP contribution in [0.5, 0.6) is 0 Å². The number of aryl methyl sites for hydroxylation is 1. The molecule has 2 heterocycles. The SMILES string of the molecule is CCc1nnc(NC(=O)N2CC(C)CC(C(=O)O)C2)s1. The molecule has 2 rings (SSSR count). The van der Waals surface area contributed by atoms with E-state index in [1.165, 1.54) is 11.3 Å². The van der Waals surface area contributed by atoms with Crippen molar-refractivity contribution >= 4 is 28.5 Å². The third kappa shape index (κ3) is 3.44. The lowest BCUT2D eigenvalue weighted by Crippen LogP contribution is -2.47. The number of nitrogens with one attached hydrogen (secondary N) is 1. The number of likely N-dealkylation sites (tertiary alicyclic amines) is 1. The van der Waals surface area contributed by atoms with Crippen molar-refractivity contribution in [3.05, 3.63) is 5.01 Å². The molecule has 0 spiro atoms. The van der Waals surface area contributed by atoms with Crippen molar-refractivity contribution < 1.29 is 14.7 Å². The summed E-state index contributed by atoms with van der Waals surface area (Å²) in [5.74, 6) is -1.17. The Balaban J connectivity index is 1.99. The van der Waals surface area contributed by atoms with Crippen molar-refractivity contribution in [1.29, 1.82) is 0 Å². The summed E-state index contributed by atoms with van der Waals surface area (Å²) in [6.07, 6.45) is 1.38. The Bertz CT molecular complexity index is 505. The largest absolute Gasteiger partial charge is 0.481 e. The number of aromatic nitrogens is 2. The van der Waals surface area contributed by atoms with Gasteiger partial charge in [0.05, 0.1) is 5.92 Å². The lowest BCUT2D eigenvalue weighted by molar-refractivity contribution is -0.143. The highest BCUT2D eigenvalue weighted by Crippen LogP contribution is 2.23. The molecule has 2 N–H and O–H groups in total. The van der Waals surface area contributed by atoms with Crippen LogP contribution in [-0.2, 0) is 11.2 Å². The predicted molar refractivity (Wildman–Crippen MR) is 74.8 cm³/mol. The Morgan fingerprint density at radius 3 is 2.80 bits per heavy atom. The molecule has 2 unspecified atom stereocenters. The molecule has 1 saturated heterocycles. The zero-order valence-electron chi connectivity index (χ0n) is 11.5. The molecule has 7 nitrogen and oxygen atoms in total. The predicted octanol–water partition coefficient (Wildman–Crippen LogP) is 1.68. The third-order valence-electron chi connectivity index (χ3n) is 3.28. The monoisotopic (exact) mass is 298 g/mol. The van der Waals surface area contributed by atoms with Gasteiger partial charge in [0.25, 0.3) is 0 Å². The summed E-state index contributed by atoms with van der Waals surface area (Å²) in [4.78, 5) is 24.8. The van der Waals surface area contributed by atoms with Gasteiger partial charge in [-0.1, -0.05) is 25.2 Å². The van der Waals surface area contributed by atoms with Crippen LogP contribution in [0.3, 0.4) is 0 Å². The van der Waals surface area contributed by atoms with Crippen LogP contribution in [0.4, 0.5) is 9.93 Å². The van der Waals surface area contributed by atoms with E-state index < -0.39 is 11.9 Å². The zero-order chi connectivity index (χ0) is 14.7. The minimum Gasteiger partial charge on any atom is -0.481 e. The second-order valence-electron chi connectivity index (χ2n) is 5.07. The normalized spacial score (nSPS) is 22.6. The van der Waals surface area contributed by atoms with Gasteiger partial charge in [0.2, 0.25) is 5.13 Å². The number of carbonyl (C=O) groups excluding carboxylic acids is 1. The molecule has 0 radical (unpaired) electrons. The minimum atomic E-state index is -0.849. The average Bonchev–Trinajstić information content (AvgIpc) is 2.85. The van der Waals surface area contributed by atoms with Gasteiger partial charge in [0.1, 0.15) is 5.01 Å². The van der Waals surface area contributed by atoms with E-state index in [1.54, 1.807) is 4.90 Å². The topological polar surface area (TPSA) is 95.4 Å². The Morgan fingerprint density at radius 2 is 2.20 bits per heavy atom. The van der Waals surface area contributed by atoms with Gasteiger partial charge in [-0.2, -0.15) is 0 Å². The van der Waals surface area contributed by atoms with Gasteiger partial charge in [0.15, 0.2) is 0 Å². The zero-order valence-corrected chi connectivity index (χ0v) is 12.3. The Labute approximate surface area is 121 Å². The molecule has 1 aromatic rings. The van der Waals surface area contributed by atoms with E-state index in [0.717, 1.165) is 11.4 Å². The Hall–Kier alpha value is -1.70. The van der Waals surface area contributed by atoms with Gasteiger partial charge in [-0.25, -0.2) is 4.79 Å². The van der Waals surface area contributed by atoms with Crippen molar-refractivity contribution in [3.63, 3.8) is 0 Å². The highest BCUT2D eigenvalue weighted by atomic mass is 32.1. The first-order chi connectivity index (χ1) is 9.49.